The second-order valence-corrected chi connectivity index (χ2v) is 10.8. The maximum atomic E-state index is 13.1. The van der Waals surface area contributed by atoms with Crippen LogP contribution in [0.3, 0.4) is 0 Å². The first-order valence-corrected chi connectivity index (χ1v) is 13.0. The first-order valence-electron chi connectivity index (χ1n) is 11.5. The summed E-state index contributed by atoms with van der Waals surface area (Å²) < 4.78 is 35.1. The van der Waals surface area contributed by atoms with Crippen LogP contribution in [0.2, 0.25) is 0 Å². The number of aryl methyl sites for hydroxylation is 1. The van der Waals surface area contributed by atoms with Crippen molar-refractivity contribution in [3.63, 3.8) is 0 Å². The molecule has 3 aromatic rings. The molecule has 0 bridgehead atoms. The van der Waals surface area contributed by atoms with Gasteiger partial charge in [0.1, 0.15) is 17.0 Å². The molecule has 2 aromatic heterocycles. The first kappa shape index (κ1) is 24.4. The fraction of sp³-hybridized carbons (Fsp3) is 0.522. The second-order valence-electron chi connectivity index (χ2n) is 9.02. The summed E-state index contributed by atoms with van der Waals surface area (Å²) in [6, 6.07) is 4.52. The summed E-state index contributed by atoms with van der Waals surface area (Å²) in [4.78, 5) is 22.7. The van der Waals surface area contributed by atoms with Crippen LogP contribution in [0, 0.1) is 0 Å². The van der Waals surface area contributed by atoms with E-state index in [1.54, 1.807) is 17.8 Å². The van der Waals surface area contributed by atoms with Gasteiger partial charge in [-0.05, 0) is 39.1 Å². The highest BCUT2D eigenvalue weighted by atomic mass is 32.2. The van der Waals surface area contributed by atoms with E-state index in [0.717, 1.165) is 31.4 Å². The molecule has 1 saturated carbocycles. The van der Waals surface area contributed by atoms with Crippen molar-refractivity contribution in [2.24, 2.45) is 7.05 Å². The Bertz CT molecular complexity index is 1340. The number of aromatic amines is 1. The van der Waals surface area contributed by atoms with Crippen LogP contribution < -0.4 is 15.0 Å². The molecule has 1 aromatic carbocycles. The SMILES string of the molecule is COc1cc(S(=O)(=O)NCCN(C)C)ccc1-c1nc2c(c(C3CCCCC3)nn2C)c(=O)[nH]1. The highest BCUT2D eigenvalue weighted by molar-refractivity contribution is 7.89. The molecule has 34 heavy (non-hydrogen) atoms. The lowest BCUT2D eigenvalue weighted by Crippen LogP contribution is -2.31. The fourth-order valence-electron chi connectivity index (χ4n) is 4.50. The Morgan fingerprint density at radius 1 is 1.24 bits per heavy atom. The zero-order valence-electron chi connectivity index (χ0n) is 20.1. The molecule has 0 amide bonds. The van der Waals surface area contributed by atoms with Gasteiger partial charge in [0.25, 0.3) is 5.56 Å². The average molecular weight is 489 g/mol. The first-order chi connectivity index (χ1) is 16.2. The highest BCUT2D eigenvalue weighted by Crippen LogP contribution is 2.35. The predicted octanol–water partition coefficient (Wildman–Crippen LogP) is 2.22. The number of likely N-dealkylation sites (N-methyl/N-ethyl adjacent to an activating group) is 1. The van der Waals surface area contributed by atoms with E-state index < -0.39 is 10.0 Å². The van der Waals surface area contributed by atoms with E-state index in [-0.39, 0.29) is 22.9 Å². The Hall–Kier alpha value is -2.76. The van der Waals surface area contributed by atoms with E-state index in [1.807, 2.05) is 19.0 Å². The minimum Gasteiger partial charge on any atom is -0.496 e. The second kappa shape index (κ2) is 9.85. The Labute approximate surface area is 199 Å². The molecule has 0 atom stereocenters. The Morgan fingerprint density at radius 2 is 1.97 bits per heavy atom. The number of hydrogen-bond donors (Lipinski definition) is 2. The molecule has 4 rings (SSSR count). The van der Waals surface area contributed by atoms with Gasteiger partial charge in [-0.25, -0.2) is 22.8 Å². The number of rotatable bonds is 8. The Balaban J connectivity index is 1.71. The summed E-state index contributed by atoms with van der Waals surface area (Å²) in [5, 5.41) is 5.18. The standard InChI is InChI=1S/C23H32N6O4S/c1-28(2)13-12-24-34(31,32)16-10-11-17(18(14-16)33-4)21-25-22-19(23(30)26-21)20(27-29(22)3)15-8-6-5-7-9-15/h10-11,14-15,24H,5-9,12-13H2,1-4H3,(H,25,26,30). The lowest BCUT2D eigenvalue weighted by atomic mass is 9.86. The van der Waals surface area contributed by atoms with E-state index in [1.165, 1.54) is 25.7 Å². The number of methoxy groups -OCH3 is 1. The molecule has 11 heteroatoms. The largest absolute Gasteiger partial charge is 0.496 e. The number of benzene rings is 1. The van der Waals surface area contributed by atoms with Crippen molar-refractivity contribution in [1.29, 1.82) is 0 Å². The predicted molar refractivity (Wildman–Crippen MR) is 131 cm³/mol. The molecule has 184 valence electrons. The molecule has 0 spiro atoms. The van der Waals surface area contributed by atoms with Crippen LogP contribution in [-0.2, 0) is 17.1 Å². The van der Waals surface area contributed by atoms with Gasteiger partial charge in [0.05, 0.1) is 23.3 Å². The summed E-state index contributed by atoms with van der Waals surface area (Å²) >= 11 is 0. The number of ether oxygens (including phenoxy) is 1. The monoisotopic (exact) mass is 488 g/mol. The summed E-state index contributed by atoms with van der Waals surface area (Å²) in [7, 11) is 3.28. The highest BCUT2D eigenvalue weighted by Gasteiger charge is 2.25. The summed E-state index contributed by atoms with van der Waals surface area (Å²) in [5.41, 5.74) is 1.56. The maximum absolute atomic E-state index is 13.1. The van der Waals surface area contributed by atoms with Gasteiger partial charge in [0.15, 0.2) is 5.65 Å². The fourth-order valence-corrected chi connectivity index (χ4v) is 5.53. The molecule has 1 aliphatic carbocycles. The normalized spacial score (nSPS) is 15.3. The third kappa shape index (κ3) is 4.86. The molecule has 0 radical (unpaired) electrons. The molecule has 1 fully saturated rings. The summed E-state index contributed by atoms with van der Waals surface area (Å²) in [6.45, 7) is 0.863. The van der Waals surface area contributed by atoms with E-state index >= 15 is 0 Å². The maximum Gasteiger partial charge on any atom is 0.262 e. The van der Waals surface area contributed by atoms with Gasteiger partial charge >= 0.3 is 0 Å². The number of H-pyrrole nitrogens is 1. The third-order valence-electron chi connectivity index (χ3n) is 6.30. The van der Waals surface area contributed by atoms with Crippen LogP contribution in [0.4, 0.5) is 0 Å². The van der Waals surface area contributed by atoms with Crippen LogP contribution in [0.15, 0.2) is 27.9 Å². The quantitative estimate of drug-likeness (QED) is 0.498. The zero-order chi connectivity index (χ0) is 24.5. The number of sulfonamides is 1. The van der Waals surface area contributed by atoms with E-state index in [9.17, 15) is 13.2 Å². The van der Waals surface area contributed by atoms with Crippen LogP contribution in [0.5, 0.6) is 5.75 Å². The molecular weight excluding hydrogens is 456 g/mol. The molecule has 2 N–H and O–H groups in total. The minimum absolute atomic E-state index is 0.0791. The van der Waals surface area contributed by atoms with Gasteiger partial charge in [0.2, 0.25) is 10.0 Å². The van der Waals surface area contributed by atoms with Crippen LogP contribution in [0.25, 0.3) is 22.4 Å². The van der Waals surface area contributed by atoms with Crippen LogP contribution in [0.1, 0.15) is 43.7 Å². The average Bonchev–Trinajstić information content (AvgIpc) is 3.15. The van der Waals surface area contributed by atoms with Gasteiger partial charge in [-0.3, -0.25) is 4.79 Å². The third-order valence-corrected chi connectivity index (χ3v) is 7.76. The van der Waals surface area contributed by atoms with E-state index in [4.69, 9.17) is 4.74 Å². The van der Waals surface area contributed by atoms with Crippen molar-refractivity contribution in [3.8, 4) is 17.1 Å². The number of aromatic nitrogens is 4. The number of fused-ring (bicyclic) bond motifs is 1. The van der Waals surface area contributed by atoms with Crippen molar-refractivity contribution in [2.75, 3.05) is 34.3 Å². The lowest BCUT2D eigenvalue weighted by molar-refractivity contribution is 0.411. The number of nitrogens with zero attached hydrogens (tertiary/aromatic N) is 4. The molecule has 0 saturated heterocycles. The number of nitrogens with one attached hydrogen (secondary N) is 2. The zero-order valence-corrected chi connectivity index (χ0v) is 20.9. The van der Waals surface area contributed by atoms with Gasteiger partial charge in [0, 0.05) is 32.1 Å². The van der Waals surface area contributed by atoms with E-state index in [2.05, 4.69) is 19.8 Å². The van der Waals surface area contributed by atoms with Gasteiger partial charge < -0.3 is 14.6 Å². The van der Waals surface area contributed by atoms with Gasteiger partial charge in [-0.15, -0.1) is 0 Å². The van der Waals surface area contributed by atoms with Gasteiger partial charge in [-0.1, -0.05) is 19.3 Å². The molecule has 0 aliphatic heterocycles. The topological polar surface area (TPSA) is 122 Å². The summed E-state index contributed by atoms with van der Waals surface area (Å²) in [5.74, 6) is 0.870. The van der Waals surface area contributed by atoms with Crippen molar-refractivity contribution >= 4 is 21.1 Å². The van der Waals surface area contributed by atoms with Gasteiger partial charge in [-0.2, -0.15) is 5.10 Å². The van der Waals surface area contributed by atoms with Crippen molar-refractivity contribution in [1.82, 2.24) is 29.4 Å². The smallest absolute Gasteiger partial charge is 0.262 e. The molecule has 10 nitrogen and oxygen atoms in total. The van der Waals surface area contributed by atoms with Crippen LogP contribution >= 0.6 is 0 Å². The Morgan fingerprint density at radius 3 is 2.65 bits per heavy atom. The summed E-state index contributed by atoms with van der Waals surface area (Å²) in [6.07, 6.45) is 5.56. The molecular formula is C23H32N6O4S. The molecule has 1 aliphatic rings. The Kier molecular flexibility index (Phi) is 7.06. The van der Waals surface area contributed by atoms with Crippen molar-refractivity contribution in [2.45, 2.75) is 42.9 Å². The van der Waals surface area contributed by atoms with Crippen molar-refractivity contribution in [3.05, 3.63) is 34.2 Å². The van der Waals surface area contributed by atoms with Crippen LogP contribution in [-0.4, -0.2) is 67.4 Å². The lowest BCUT2D eigenvalue weighted by Gasteiger charge is -2.19. The molecule has 2 heterocycles. The molecule has 0 unspecified atom stereocenters. The van der Waals surface area contributed by atoms with Crippen molar-refractivity contribution < 1.29 is 13.2 Å². The van der Waals surface area contributed by atoms with E-state index in [0.29, 0.717) is 34.7 Å². The number of hydrogen-bond acceptors (Lipinski definition) is 7. The minimum atomic E-state index is -3.71.